The van der Waals surface area contributed by atoms with Crippen molar-refractivity contribution in [2.45, 2.75) is 33.8 Å². The molecule has 0 saturated heterocycles. The van der Waals surface area contributed by atoms with Crippen LogP contribution in [-0.4, -0.2) is 18.7 Å². The van der Waals surface area contributed by atoms with Gasteiger partial charge in [-0.25, -0.2) is 4.79 Å². The highest BCUT2D eigenvalue weighted by Crippen LogP contribution is 2.27. The molecule has 0 amide bonds. The van der Waals surface area contributed by atoms with E-state index in [-0.39, 0.29) is 12.7 Å². The van der Waals surface area contributed by atoms with Crippen molar-refractivity contribution < 1.29 is 14.3 Å². The first-order chi connectivity index (χ1) is 10.5. The number of esters is 1. The Morgan fingerprint density at radius 2 is 1.77 bits per heavy atom. The molecule has 0 aliphatic heterocycles. The molecule has 0 N–H and O–H groups in total. The Balaban J connectivity index is 2.87. The zero-order valence-corrected chi connectivity index (χ0v) is 13.8. The first-order valence-corrected chi connectivity index (χ1v) is 7.37. The highest BCUT2D eigenvalue weighted by atomic mass is 16.6. The molecule has 0 heterocycles. The fourth-order valence-corrected chi connectivity index (χ4v) is 1.88. The number of hydrogen-bond donors (Lipinski definition) is 0. The second-order valence-electron chi connectivity index (χ2n) is 5.07. The summed E-state index contributed by atoms with van der Waals surface area (Å²) in [7, 11) is 0. The topological polar surface area (TPSA) is 35.5 Å². The normalized spacial score (nSPS) is 12.5. The van der Waals surface area contributed by atoms with Gasteiger partial charge in [-0.2, -0.15) is 0 Å². The van der Waals surface area contributed by atoms with Crippen LogP contribution in [0.3, 0.4) is 0 Å². The minimum Gasteiger partial charge on any atom is -0.488 e. The Morgan fingerprint density at radius 1 is 1.23 bits per heavy atom. The van der Waals surface area contributed by atoms with Gasteiger partial charge in [-0.15, -0.1) is 0 Å². The Kier molecular flexibility index (Phi) is 7.17. The maximum atomic E-state index is 11.5. The number of para-hydroxylation sites is 1. The first-order valence-electron chi connectivity index (χ1n) is 7.37. The SMILES string of the molecule is C=C(C)C(=O)OC(C)COc1c(/C=C\C)cccc1/C=C\C. The third kappa shape index (κ3) is 5.24. The fraction of sp³-hybridized carbons (Fsp3) is 0.316. The molecule has 0 aliphatic rings. The predicted octanol–water partition coefficient (Wildman–Crippen LogP) is 4.64. The Morgan fingerprint density at radius 3 is 2.23 bits per heavy atom. The molecular formula is C19H24O3. The molecular weight excluding hydrogens is 276 g/mol. The number of carbonyl (C=O) groups excluding carboxylic acids is 1. The van der Waals surface area contributed by atoms with E-state index in [0.29, 0.717) is 5.57 Å². The second-order valence-corrected chi connectivity index (χ2v) is 5.07. The van der Waals surface area contributed by atoms with Gasteiger partial charge in [0.15, 0.2) is 0 Å². The van der Waals surface area contributed by atoms with Crippen LogP contribution < -0.4 is 4.74 Å². The molecule has 0 fully saturated rings. The number of carbonyl (C=O) groups is 1. The van der Waals surface area contributed by atoms with Crippen LogP contribution in [0.25, 0.3) is 12.2 Å². The van der Waals surface area contributed by atoms with Crippen LogP contribution in [0.15, 0.2) is 42.5 Å². The summed E-state index contributed by atoms with van der Waals surface area (Å²) >= 11 is 0. The van der Waals surface area contributed by atoms with Crippen LogP contribution in [0.1, 0.15) is 38.8 Å². The van der Waals surface area contributed by atoms with Crippen molar-refractivity contribution in [2.75, 3.05) is 6.61 Å². The van der Waals surface area contributed by atoms with Crippen molar-refractivity contribution in [1.29, 1.82) is 0 Å². The third-order valence-electron chi connectivity index (χ3n) is 2.89. The molecule has 1 atom stereocenters. The van der Waals surface area contributed by atoms with E-state index in [0.717, 1.165) is 16.9 Å². The lowest BCUT2D eigenvalue weighted by Crippen LogP contribution is -2.22. The van der Waals surface area contributed by atoms with Crippen molar-refractivity contribution in [3.8, 4) is 5.75 Å². The molecule has 0 aromatic heterocycles. The molecule has 1 aromatic carbocycles. The van der Waals surface area contributed by atoms with E-state index in [1.54, 1.807) is 13.8 Å². The van der Waals surface area contributed by atoms with Gasteiger partial charge in [-0.1, -0.05) is 49.1 Å². The van der Waals surface area contributed by atoms with E-state index in [1.807, 2.05) is 56.4 Å². The summed E-state index contributed by atoms with van der Waals surface area (Å²) in [4.78, 5) is 11.5. The van der Waals surface area contributed by atoms with Crippen LogP contribution in [0.5, 0.6) is 5.75 Å². The van der Waals surface area contributed by atoms with Crippen LogP contribution >= 0.6 is 0 Å². The van der Waals surface area contributed by atoms with Gasteiger partial charge < -0.3 is 9.47 Å². The van der Waals surface area contributed by atoms with Gasteiger partial charge in [-0.3, -0.25) is 0 Å². The average molecular weight is 300 g/mol. The molecule has 0 aliphatic carbocycles. The maximum absolute atomic E-state index is 11.5. The summed E-state index contributed by atoms with van der Waals surface area (Å²) in [6, 6.07) is 5.97. The van der Waals surface area contributed by atoms with Crippen molar-refractivity contribution in [3.05, 3.63) is 53.6 Å². The summed E-state index contributed by atoms with van der Waals surface area (Å²) in [6.07, 6.45) is 7.57. The molecule has 0 radical (unpaired) electrons. The monoisotopic (exact) mass is 300 g/mol. The summed E-state index contributed by atoms with van der Waals surface area (Å²) in [5.41, 5.74) is 2.38. The molecule has 0 saturated carbocycles. The van der Waals surface area contributed by atoms with E-state index in [2.05, 4.69) is 6.58 Å². The summed E-state index contributed by atoms with van der Waals surface area (Å²) in [5, 5.41) is 0. The van der Waals surface area contributed by atoms with E-state index in [1.165, 1.54) is 0 Å². The second kappa shape index (κ2) is 8.88. The smallest absolute Gasteiger partial charge is 0.333 e. The van der Waals surface area contributed by atoms with E-state index >= 15 is 0 Å². The molecule has 118 valence electrons. The van der Waals surface area contributed by atoms with Crippen molar-refractivity contribution in [3.63, 3.8) is 0 Å². The van der Waals surface area contributed by atoms with Crippen LogP contribution in [0, 0.1) is 0 Å². The number of allylic oxidation sites excluding steroid dienone is 2. The Hall–Kier alpha value is -2.29. The van der Waals surface area contributed by atoms with E-state index in [9.17, 15) is 4.79 Å². The van der Waals surface area contributed by atoms with E-state index < -0.39 is 5.97 Å². The lowest BCUT2D eigenvalue weighted by atomic mass is 10.1. The molecule has 0 spiro atoms. The molecule has 22 heavy (non-hydrogen) atoms. The van der Waals surface area contributed by atoms with Crippen molar-refractivity contribution in [2.24, 2.45) is 0 Å². The predicted molar refractivity (Wildman–Crippen MR) is 91.7 cm³/mol. The zero-order chi connectivity index (χ0) is 16.5. The highest BCUT2D eigenvalue weighted by molar-refractivity contribution is 5.87. The summed E-state index contributed by atoms with van der Waals surface area (Å²) < 4.78 is 11.1. The fourth-order valence-electron chi connectivity index (χ4n) is 1.88. The van der Waals surface area contributed by atoms with Gasteiger partial charge in [0.25, 0.3) is 0 Å². The largest absolute Gasteiger partial charge is 0.488 e. The van der Waals surface area contributed by atoms with Crippen LogP contribution in [0.4, 0.5) is 0 Å². The summed E-state index contributed by atoms with van der Waals surface area (Å²) in [5.74, 6) is 0.392. The lowest BCUT2D eigenvalue weighted by molar-refractivity contribution is -0.144. The first kappa shape index (κ1) is 17.8. The summed E-state index contributed by atoms with van der Waals surface area (Å²) in [6.45, 7) is 11.2. The standard InChI is InChI=1S/C19H24O3/c1-6-9-16-11-8-12-17(10-7-2)18(16)21-13-15(5)22-19(20)14(3)4/h6-12,15H,3,13H2,1-2,4-5H3/b9-6-,10-7-. The maximum Gasteiger partial charge on any atom is 0.333 e. The number of rotatable bonds is 7. The minimum atomic E-state index is -0.397. The van der Waals surface area contributed by atoms with Gasteiger partial charge in [-0.05, 0) is 27.7 Å². The van der Waals surface area contributed by atoms with E-state index in [4.69, 9.17) is 9.47 Å². The molecule has 1 aromatic rings. The van der Waals surface area contributed by atoms with Crippen molar-refractivity contribution in [1.82, 2.24) is 0 Å². The molecule has 3 heteroatoms. The Bertz CT molecular complexity index is 552. The highest BCUT2D eigenvalue weighted by Gasteiger charge is 2.13. The Labute approximate surface area is 132 Å². The lowest BCUT2D eigenvalue weighted by Gasteiger charge is -2.17. The van der Waals surface area contributed by atoms with Gasteiger partial charge in [0.1, 0.15) is 18.5 Å². The number of ether oxygens (including phenoxy) is 2. The molecule has 1 unspecified atom stereocenters. The van der Waals surface area contributed by atoms with Crippen LogP contribution in [0.2, 0.25) is 0 Å². The molecule has 3 nitrogen and oxygen atoms in total. The van der Waals surface area contributed by atoms with Gasteiger partial charge in [0.05, 0.1) is 0 Å². The van der Waals surface area contributed by atoms with Gasteiger partial charge >= 0.3 is 5.97 Å². The third-order valence-corrected chi connectivity index (χ3v) is 2.89. The van der Waals surface area contributed by atoms with Gasteiger partial charge in [0.2, 0.25) is 0 Å². The molecule has 1 rings (SSSR count). The average Bonchev–Trinajstić information content (AvgIpc) is 2.47. The number of hydrogen-bond acceptors (Lipinski definition) is 3. The molecule has 0 bridgehead atoms. The minimum absolute atomic E-state index is 0.290. The van der Waals surface area contributed by atoms with Gasteiger partial charge in [0, 0.05) is 16.7 Å². The van der Waals surface area contributed by atoms with Crippen molar-refractivity contribution >= 4 is 18.1 Å². The quantitative estimate of drug-likeness (QED) is 0.543. The zero-order valence-electron chi connectivity index (χ0n) is 13.8. The van der Waals surface area contributed by atoms with Crippen LogP contribution in [-0.2, 0) is 9.53 Å². The number of benzene rings is 1.